The van der Waals surface area contributed by atoms with Gasteiger partial charge in [0.25, 0.3) is 0 Å². The third-order valence-corrected chi connectivity index (χ3v) is 17.2. The second-order valence-electron chi connectivity index (χ2n) is 20.7. The SMILES string of the molecule is CC1C2C(C[C@H]3[C@@H]4CC[C@H]5C[C@@H](O[C@@H]6O[C@H](CO)[C@@H](O[C@@H]7O[C@H](COC(=O)Nc8ccccc8F)[C@@H](O)[C@H](O)[C@H]7O)[C@H](O)[C@H]6O)CC[C@]5(C)[C@H]4C(=O)C[C@]23C)O[C@]12CC[C@@H](C)CO2. The van der Waals surface area contributed by atoms with Crippen LogP contribution in [0.1, 0.15) is 85.5 Å². The van der Waals surface area contributed by atoms with Crippen LogP contribution in [0.4, 0.5) is 14.9 Å². The molecule has 4 saturated carbocycles. The fraction of sp³-hybridized carbons (Fsp3) is 0.826. The van der Waals surface area contributed by atoms with E-state index in [9.17, 15) is 44.6 Å². The van der Waals surface area contributed by atoms with E-state index in [4.69, 9.17) is 33.2 Å². The lowest BCUT2D eigenvalue weighted by Crippen LogP contribution is -2.65. The van der Waals surface area contributed by atoms with Crippen molar-refractivity contribution in [3.8, 4) is 0 Å². The van der Waals surface area contributed by atoms with Crippen molar-refractivity contribution in [1.82, 2.24) is 0 Å². The van der Waals surface area contributed by atoms with Gasteiger partial charge in [0.1, 0.15) is 67.0 Å². The van der Waals surface area contributed by atoms with Crippen molar-refractivity contribution in [3.05, 3.63) is 30.1 Å². The smallest absolute Gasteiger partial charge is 0.411 e. The van der Waals surface area contributed by atoms with E-state index in [-0.39, 0.29) is 58.3 Å². The maximum absolute atomic E-state index is 14.6. The Hall–Kier alpha value is -2.39. The van der Waals surface area contributed by atoms with E-state index < -0.39 is 92.3 Å². The van der Waals surface area contributed by atoms with Gasteiger partial charge in [0, 0.05) is 24.7 Å². The van der Waals surface area contributed by atoms with Crippen LogP contribution in [0.15, 0.2) is 24.3 Å². The van der Waals surface area contributed by atoms with E-state index in [1.165, 1.54) is 18.2 Å². The average Bonchev–Trinajstić information content (AvgIpc) is 3.70. The Labute approximate surface area is 367 Å². The molecule has 1 amide bonds. The van der Waals surface area contributed by atoms with Gasteiger partial charge in [0.15, 0.2) is 18.4 Å². The molecule has 9 rings (SSSR count). The van der Waals surface area contributed by atoms with Crippen LogP contribution < -0.4 is 5.32 Å². The van der Waals surface area contributed by atoms with Gasteiger partial charge in [-0.1, -0.05) is 39.8 Å². The van der Waals surface area contributed by atoms with Gasteiger partial charge in [-0.25, -0.2) is 9.18 Å². The minimum absolute atomic E-state index is 0.0562. The molecule has 17 heteroatoms. The Balaban J connectivity index is 0.806. The Morgan fingerprint density at radius 1 is 0.873 bits per heavy atom. The van der Waals surface area contributed by atoms with Crippen LogP contribution >= 0.6 is 0 Å². The normalized spacial score (nSPS) is 50.6. The summed E-state index contributed by atoms with van der Waals surface area (Å²) in [6, 6.07) is 5.39. The Bertz CT molecular complexity index is 1830. The molecule has 1 aromatic carbocycles. The summed E-state index contributed by atoms with van der Waals surface area (Å²) in [7, 11) is 0. The Kier molecular flexibility index (Phi) is 12.6. The molecule has 0 radical (unpaired) electrons. The van der Waals surface area contributed by atoms with E-state index >= 15 is 0 Å². The van der Waals surface area contributed by atoms with E-state index in [1.807, 2.05) is 0 Å². The summed E-state index contributed by atoms with van der Waals surface area (Å²) in [6.07, 6.45) is -10.2. The number of Topliss-reactive ketones (excluding diaryl/α,β-unsaturated/α-hetero) is 1. The molecule has 8 fully saturated rings. The van der Waals surface area contributed by atoms with Crippen LogP contribution in [0, 0.1) is 58.1 Å². The summed E-state index contributed by atoms with van der Waals surface area (Å²) in [4.78, 5) is 26.9. The fourth-order valence-corrected chi connectivity index (χ4v) is 13.9. The van der Waals surface area contributed by atoms with Crippen LogP contribution in [-0.2, 0) is 38.0 Å². The van der Waals surface area contributed by atoms with E-state index in [2.05, 4.69) is 33.0 Å². The second-order valence-corrected chi connectivity index (χ2v) is 20.7. The van der Waals surface area contributed by atoms with Gasteiger partial charge < -0.3 is 63.8 Å². The standard InChI is InChI=1S/C46H66FNO15/c1-21-11-14-46(58-19-21)22(2)33-30(63-46)16-26-25-10-9-23-15-24(12-13-44(23,3)34(25)29(50)17-45(26,33)4)59-41-39(55)37(53)40(31(18-49)60-41)62-42-38(54)36(52)35(51)32(61-42)20-57-43(56)48-28-8-6-5-7-27(28)47/h5-8,21-26,30-42,49,51-55H,9-20H2,1-4H3,(H,48,56)/t21-,22?,23+,24+,25+,26+,30?,31-,32-,33?,34-,35-,36+,37-,38-,39-,40-,41-,42+,44+,45+,46-/m1/s1. The molecule has 4 aliphatic carbocycles. The largest absolute Gasteiger partial charge is 0.446 e. The minimum atomic E-state index is -1.87. The number of rotatable bonds is 8. The monoisotopic (exact) mass is 891 g/mol. The Morgan fingerprint density at radius 3 is 2.33 bits per heavy atom. The number of aliphatic hydroxyl groups excluding tert-OH is 6. The van der Waals surface area contributed by atoms with Crippen molar-refractivity contribution in [3.63, 3.8) is 0 Å². The molecule has 4 heterocycles. The lowest BCUT2D eigenvalue weighted by molar-refractivity contribution is -0.364. The van der Waals surface area contributed by atoms with Gasteiger partial charge in [0.2, 0.25) is 0 Å². The number of para-hydroxylation sites is 1. The second kappa shape index (κ2) is 17.4. The van der Waals surface area contributed by atoms with Crippen molar-refractivity contribution in [2.75, 3.05) is 25.1 Å². The van der Waals surface area contributed by atoms with Crippen molar-refractivity contribution in [1.29, 1.82) is 0 Å². The summed E-state index contributed by atoms with van der Waals surface area (Å²) in [5.74, 6) is 0.955. The number of fused-ring (bicyclic) bond motifs is 7. The van der Waals surface area contributed by atoms with Gasteiger partial charge in [-0.15, -0.1) is 0 Å². The highest BCUT2D eigenvalue weighted by Crippen LogP contribution is 2.70. The fourth-order valence-electron chi connectivity index (χ4n) is 13.9. The molecule has 4 aliphatic heterocycles. The van der Waals surface area contributed by atoms with E-state index in [0.717, 1.165) is 44.6 Å². The number of carbonyl (C=O) groups excluding carboxylic acids is 2. The highest BCUT2D eigenvalue weighted by molar-refractivity contribution is 5.85. The van der Waals surface area contributed by atoms with Gasteiger partial charge in [-0.2, -0.15) is 0 Å². The summed E-state index contributed by atoms with van der Waals surface area (Å²) < 4.78 is 56.3. The number of ketones is 1. The number of aliphatic hydroxyl groups is 6. The first-order valence-electron chi connectivity index (χ1n) is 23.1. The zero-order chi connectivity index (χ0) is 44.7. The molecule has 16 nitrogen and oxygen atoms in total. The van der Waals surface area contributed by atoms with Crippen molar-refractivity contribution >= 4 is 17.6 Å². The number of nitrogens with one attached hydrogen (secondary N) is 1. The number of benzene rings is 1. The molecule has 352 valence electrons. The number of ether oxygens (including phenoxy) is 7. The van der Waals surface area contributed by atoms with Crippen molar-refractivity contribution in [2.24, 2.45) is 52.3 Å². The molecule has 0 bridgehead atoms. The minimum Gasteiger partial charge on any atom is -0.446 e. The molecule has 3 unspecified atom stereocenters. The highest BCUT2D eigenvalue weighted by Gasteiger charge is 2.71. The number of hydrogen-bond acceptors (Lipinski definition) is 15. The maximum Gasteiger partial charge on any atom is 0.411 e. The first kappa shape index (κ1) is 45.8. The summed E-state index contributed by atoms with van der Waals surface area (Å²) >= 11 is 0. The predicted octanol–water partition coefficient (Wildman–Crippen LogP) is 3.02. The third-order valence-electron chi connectivity index (χ3n) is 17.2. The first-order valence-corrected chi connectivity index (χ1v) is 23.1. The van der Waals surface area contributed by atoms with E-state index in [1.54, 1.807) is 0 Å². The quantitative estimate of drug-likeness (QED) is 0.186. The van der Waals surface area contributed by atoms with E-state index in [0.29, 0.717) is 43.5 Å². The molecule has 8 aliphatic rings. The lowest BCUT2D eigenvalue weighted by Gasteiger charge is -2.60. The molecule has 0 aromatic heterocycles. The molecule has 63 heavy (non-hydrogen) atoms. The maximum atomic E-state index is 14.6. The molecule has 1 aromatic rings. The summed E-state index contributed by atoms with van der Waals surface area (Å²) in [5.41, 5.74) is -0.512. The van der Waals surface area contributed by atoms with Gasteiger partial charge in [-0.3, -0.25) is 10.1 Å². The summed E-state index contributed by atoms with van der Waals surface area (Å²) in [6.45, 7) is 8.50. The lowest BCUT2D eigenvalue weighted by atomic mass is 9.44. The number of amides is 1. The number of carbonyl (C=O) groups is 2. The molecule has 22 atom stereocenters. The van der Waals surface area contributed by atoms with Gasteiger partial charge in [-0.05, 0) is 97.5 Å². The van der Waals surface area contributed by atoms with Crippen LogP contribution in [-0.4, -0.2) is 142 Å². The third kappa shape index (κ3) is 7.86. The number of halogens is 1. The van der Waals surface area contributed by atoms with Crippen molar-refractivity contribution < 1.29 is 77.8 Å². The average molecular weight is 892 g/mol. The van der Waals surface area contributed by atoms with Gasteiger partial charge >= 0.3 is 6.09 Å². The van der Waals surface area contributed by atoms with Crippen LogP contribution in [0.2, 0.25) is 0 Å². The zero-order valence-corrected chi connectivity index (χ0v) is 36.5. The van der Waals surface area contributed by atoms with Crippen LogP contribution in [0.3, 0.4) is 0 Å². The molecule has 4 saturated heterocycles. The number of hydrogen-bond donors (Lipinski definition) is 7. The summed E-state index contributed by atoms with van der Waals surface area (Å²) in [5, 5.41) is 67.3. The zero-order valence-electron chi connectivity index (χ0n) is 36.5. The highest BCUT2D eigenvalue weighted by atomic mass is 19.1. The number of anilines is 1. The topological polar surface area (TPSA) is 232 Å². The molecular formula is C46H66FNO15. The van der Waals surface area contributed by atoms with Crippen LogP contribution in [0.5, 0.6) is 0 Å². The molecular weight excluding hydrogens is 825 g/mol. The van der Waals surface area contributed by atoms with Crippen LogP contribution in [0.25, 0.3) is 0 Å². The molecule has 1 spiro atoms. The van der Waals surface area contributed by atoms with Gasteiger partial charge in [0.05, 0.1) is 31.1 Å². The molecule has 7 N–H and O–H groups in total. The Morgan fingerprint density at radius 2 is 1.60 bits per heavy atom. The predicted molar refractivity (Wildman–Crippen MR) is 218 cm³/mol. The van der Waals surface area contributed by atoms with Crippen molar-refractivity contribution in [2.45, 2.75) is 165 Å². The first-order chi connectivity index (χ1) is 30.0.